The number of cyclic esters (lactones) is 1. The molecule has 0 radical (unpaired) electrons. The normalized spacial score (nSPS) is 18.3. The number of nitrogens with one attached hydrogen (secondary N) is 1. The molecule has 5 rings (SSSR count). The van der Waals surface area contributed by atoms with E-state index in [-0.39, 0.29) is 12.5 Å². The number of benzene rings is 3. The lowest BCUT2D eigenvalue weighted by Gasteiger charge is -2.30. The number of fused-ring (bicyclic) bond motifs is 1. The maximum absolute atomic E-state index is 13.7. The van der Waals surface area contributed by atoms with Crippen molar-refractivity contribution in [2.75, 3.05) is 6.61 Å². The van der Waals surface area contributed by atoms with E-state index < -0.39 is 23.4 Å². The summed E-state index contributed by atoms with van der Waals surface area (Å²) in [6.45, 7) is 5.78. The first-order valence-corrected chi connectivity index (χ1v) is 11.6. The van der Waals surface area contributed by atoms with Crippen LogP contribution in [0, 0.1) is 13.8 Å². The van der Waals surface area contributed by atoms with Crippen molar-refractivity contribution in [2.45, 2.75) is 32.2 Å². The number of esters is 2. The summed E-state index contributed by atoms with van der Waals surface area (Å²) < 4.78 is 11.2. The summed E-state index contributed by atoms with van der Waals surface area (Å²) in [6, 6.07) is 24.8. The Hall–Kier alpha value is -4.19. The Balaban J connectivity index is 1.82. The number of hydrogen-bond acceptors (Lipinski definition) is 5. The van der Waals surface area contributed by atoms with E-state index in [1.807, 2.05) is 80.6 Å². The van der Waals surface area contributed by atoms with E-state index in [4.69, 9.17) is 14.5 Å². The van der Waals surface area contributed by atoms with Gasteiger partial charge in [0.1, 0.15) is 0 Å². The molecular weight excluding hydrogens is 440 g/mol. The quantitative estimate of drug-likeness (QED) is 0.312. The van der Waals surface area contributed by atoms with Gasteiger partial charge in [-0.15, -0.1) is 0 Å². The monoisotopic (exact) mass is 466 g/mol. The van der Waals surface area contributed by atoms with E-state index >= 15 is 0 Å². The van der Waals surface area contributed by atoms with Crippen molar-refractivity contribution in [2.24, 2.45) is 4.99 Å². The van der Waals surface area contributed by atoms with Crippen molar-refractivity contribution in [3.8, 4) is 0 Å². The van der Waals surface area contributed by atoms with Gasteiger partial charge in [-0.3, -0.25) is 0 Å². The Morgan fingerprint density at radius 1 is 1.03 bits per heavy atom. The number of hydrogen-bond donors (Lipinski definition) is 1. The van der Waals surface area contributed by atoms with E-state index in [1.54, 1.807) is 19.1 Å². The summed E-state index contributed by atoms with van der Waals surface area (Å²) in [7, 11) is 0. The summed E-state index contributed by atoms with van der Waals surface area (Å²) in [5, 5.41) is 1.01. The highest BCUT2D eigenvalue weighted by Crippen LogP contribution is 2.45. The zero-order chi connectivity index (χ0) is 24.6. The highest BCUT2D eigenvalue weighted by Gasteiger charge is 2.61. The first kappa shape index (κ1) is 22.6. The molecule has 0 unspecified atom stereocenters. The lowest BCUT2D eigenvalue weighted by atomic mass is 9.76. The van der Waals surface area contributed by atoms with Crippen LogP contribution in [0.5, 0.6) is 0 Å². The van der Waals surface area contributed by atoms with Crippen LogP contribution < -0.4 is 0 Å². The van der Waals surface area contributed by atoms with Crippen molar-refractivity contribution in [1.29, 1.82) is 0 Å². The second kappa shape index (κ2) is 8.87. The van der Waals surface area contributed by atoms with Gasteiger partial charge in [0.15, 0.2) is 0 Å². The van der Waals surface area contributed by atoms with Crippen molar-refractivity contribution >= 4 is 28.7 Å². The number of aromatic nitrogens is 1. The second-order valence-corrected chi connectivity index (χ2v) is 8.72. The minimum atomic E-state index is -1.94. The minimum Gasteiger partial charge on any atom is -0.464 e. The van der Waals surface area contributed by atoms with Crippen molar-refractivity contribution < 1.29 is 19.1 Å². The van der Waals surface area contributed by atoms with Gasteiger partial charge in [-0.05, 0) is 50.1 Å². The number of aryl methyl sites for hydroxylation is 2. The van der Waals surface area contributed by atoms with Crippen LogP contribution in [-0.4, -0.2) is 35.0 Å². The van der Waals surface area contributed by atoms with Gasteiger partial charge < -0.3 is 14.5 Å². The van der Waals surface area contributed by atoms with E-state index in [9.17, 15) is 9.59 Å². The molecule has 3 aromatic carbocycles. The zero-order valence-electron chi connectivity index (χ0n) is 19.9. The molecule has 1 aliphatic heterocycles. The molecule has 0 saturated carbocycles. The molecule has 0 aliphatic carbocycles. The maximum atomic E-state index is 13.7. The number of para-hydroxylation sites is 1. The molecule has 0 fully saturated rings. The number of H-pyrrole nitrogens is 1. The van der Waals surface area contributed by atoms with E-state index in [1.165, 1.54) is 0 Å². The van der Waals surface area contributed by atoms with Gasteiger partial charge in [-0.2, -0.15) is 0 Å². The van der Waals surface area contributed by atoms with Crippen LogP contribution in [0.15, 0.2) is 83.9 Å². The minimum absolute atomic E-state index is 0.107. The third kappa shape index (κ3) is 3.71. The fourth-order valence-corrected chi connectivity index (χ4v) is 4.83. The summed E-state index contributed by atoms with van der Waals surface area (Å²) in [5.41, 5.74) is 3.01. The Morgan fingerprint density at radius 3 is 2.49 bits per heavy atom. The zero-order valence-corrected chi connectivity index (χ0v) is 19.9. The molecular formula is C29H26N2O4. The fraction of sp³-hybridized carbons (Fsp3) is 0.207. The Labute approximate surface area is 203 Å². The van der Waals surface area contributed by atoms with Gasteiger partial charge in [0.2, 0.25) is 5.90 Å². The van der Waals surface area contributed by atoms with Crippen molar-refractivity contribution in [3.63, 3.8) is 0 Å². The molecule has 4 aromatic rings. The number of nitrogens with zero attached hydrogens (tertiary/aromatic N) is 1. The van der Waals surface area contributed by atoms with Crippen LogP contribution in [0.3, 0.4) is 0 Å². The molecule has 0 saturated heterocycles. The van der Waals surface area contributed by atoms with Crippen LogP contribution in [0.25, 0.3) is 10.9 Å². The van der Waals surface area contributed by atoms with Crippen LogP contribution in [0.2, 0.25) is 0 Å². The third-order valence-corrected chi connectivity index (χ3v) is 6.47. The molecule has 0 spiro atoms. The summed E-state index contributed by atoms with van der Waals surface area (Å²) in [5.74, 6) is -2.17. The lowest BCUT2D eigenvalue weighted by Crippen LogP contribution is -2.50. The molecule has 35 heavy (non-hydrogen) atoms. The van der Waals surface area contributed by atoms with Crippen LogP contribution in [0.4, 0.5) is 0 Å². The number of rotatable bonds is 6. The van der Waals surface area contributed by atoms with Crippen LogP contribution >= 0.6 is 0 Å². The Kier molecular flexibility index (Phi) is 5.73. The Bertz CT molecular complexity index is 1450. The van der Waals surface area contributed by atoms with Gasteiger partial charge >= 0.3 is 11.9 Å². The van der Waals surface area contributed by atoms with Gasteiger partial charge in [-0.1, -0.05) is 66.2 Å². The molecule has 6 heteroatoms. The lowest BCUT2D eigenvalue weighted by molar-refractivity contribution is -0.158. The molecule has 6 nitrogen and oxygen atoms in total. The van der Waals surface area contributed by atoms with Crippen molar-refractivity contribution in [3.05, 3.63) is 107 Å². The van der Waals surface area contributed by atoms with E-state index in [0.717, 1.165) is 33.3 Å². The molecule has 1 N–H and O–H groups in total. The van der Waals surface area contributed by atoms with Crippen molar-refractivity contribution in [1.82, 2.24) is 4.98 Å². The first-order valence-electron chi connectivity index (χ1n) is 11.6. The predicted molar refractivity (Wildman–Crippen MR) is 134 cm³/mol. The Morgan fingerprint density at radius 2 is 1.77 bits per heavy atom. The molecule has 0 bridgehead atoms. The average Bonchev–Trinajstić information content (AvgIpc) is 3.38. The molecule has 0 amide bonds. The number of aliphatic imine (C=N–C) groups is 1. The molecule has 1 aromatic heterocycles. The maximum Gasteiger partial charge on any atom is 0.353 e. The predicted octanol–water partition coefficient (Wildman–Crippen LogP) is 5.22. The summed E-state index contributed by atoms with van der Waals surface area (Å²) in [4.78, 5) is 35.7. The molecule has 1 aliphatic rings. The average molecular weight is 467 g/mol. The summed E-state index contributed by atoms with van der Waals surface area (Å²) in [6.07, 6.45) is 0. The van der Waals surface area contributed by atoms with Gasteiger partial charge in [0.25, 0.3) is 5.54 Å². The van der Waals surface area contributed by atoms with Gasteiger partial charge in [0.05, 0.1) is 12.5 Å². The number of ether oxygens (including phenoxy) is 2. The number of aromatic amines is 1. The molecule has 176 valence electrons. The van der Waals surface area contributed by atoms with Gasteiger partial charge in [0, 0.05) is 22.2 Å². The van der Waals surface area contributed by atoms with Crippen LogP contribution in [0.1, 0.15) is 40.8 Å². The smallest absolute Gasteiger partial charge is 0.353 e. The van der Waals surface area contributed by atoms with E-state index in [2.05, 4.69) is 4.98 Å². The molecule has 2 heterocycles. The number of carbonyl (C=O) groups excluding carboxylic acids is 2. The largest absolute Gasteiger partial charge is 0.464 e. The van der Waals surface area contributed by atoms with E-state index in [0.29, 0.717) is 5.56 Å². The van der Waals surface area contributed by atoms with Gasteiger partial charge in [-0.25, -0.2) is 14.6 Å². The first-order chi connectivity index (χ1) is 17.0. The fourth-order valence-electron chi connectivity index (χ4n) is 4.83. The third-order valence-electron chi connectivity index (χ3n) is 6.47. The highest BCUT2D eigenvalue weighted by atomic mass is 16.6. The SMILES string of the molecule is CCOC(=O)[C@]1([C@H](c2cccc(C)c2)c2[nH]c3ccccc3c2C)N=C(c2ccccc2)OC1=O. The topological polar surface area (TPSA) is 80.8 Å². The number of carbonyl (C=O) groups is 2. The van der Waals surface area contributed by atoms with Crippen LogP contribution in [-0.2, 0) is 19.1 Å². The highest BCUT2D eigenvalue weighted by molar-refractivity contribution is 6.18. The standard InChI is InChI=1S/C29H26N2O4/c1-4-34-27(32)29(28(33)35-26(31-29)20-12-6-5-7-13-20)24(21-14-10-11-18(2)17-21)25-19(3)22-15-8-9-16-23(22)30-25/h5-17,24,30H,4H2,1-3H3/t24-,29+/m1/s1. The molecule has 2 atom stereocenters. The second-order valence-electron chi connectivity index (χ2n) is 8.72. The summed E-state index contributed by atoms with van der Waals surface area (Å²) >= 11 is 0.